The summed E-state index contributed by atoms with van der Waals surface area (Å²) in [5.41, 5.74) is 3.63. The monoisotopic (exact) mass is 297 g/mol. The first-order chi connectivity index (χ1) is 10.7. The van der Waals surface area contributed by atoms with Crippen molar-refractivity contribution in [1.29, 1.82) is 0 Å². The van der Waals surface area contributed by atoms with Crippen LogP contribution in [0.4, 0.5) is 5.82 Å². The summed E-state index contributed by atoms with van der Waals surface area (Å²) in [6.07, 6.45) is 1.78. The predicted molar refractivity (Wildman–Crippen MR) is 84.9 cm³/mol. The molecule has 0 aliphatic rings. The number of nitrogens with zero attached hydrogens (tertiary/aromatic N) is 4. The number of ether oxygens (including phenoxy) is 1. The van der Waals surface area contributed by atoms with Crippen molar-refractivity contribution in [2.24, 2.45) is 0 Å². The second-order valence-corrected chi connectivity index (χ2v) is 5.25. The Hall–Kier alpha value is -2.47. The highest BCUT2D eigenvalue weighted by molar-refractivity contribution is 5.51. The van der Waals surface area contributed by atoms with Crippen LogP contribution in [0, 0.1) is 13.8 Å². The highest BCUT2D eigenvalue weighted by Crippen LogP contribution is 2.20. The summed E-state index contributed by atoms with van der Waals surface area (Å²) >= 11 is 0. The molecule has 0 fully saturated rings. The first kappa shape index (κ1) is 14.5. The molecule has 6 nitrogen and oxygen atoms in total. The molecule has 1 atom stereocenters. The molecular formula is C16H19N5O. The van der Waals surface area contributed by atoms with E-state index in [0.29, 0.717) is 6.61 Å². The van der Waals surface area contributed by atoms with E-state index in [1.165, 1.54) is 0 Å². The van der Waals surface area contributed by atoms with Gasteiger partial charge in [-0.25, -0.2) is 4.98 Å². The number of anilines is 1. The minimum atomic E-state index is -0.0549. The van der Waals surface area contributed by atoms with Gasteiger partial charge >= 0.3 is 0 Å². The summed E-state index contributed by atoms with van der Waals surface area (Å²) in [7, 11) is 1.68. The van der Waals surface area contributed by atoms with Gasteiger partial charge in [0, 0.05) is 31.1 Å². The third-order valence-corrected chi connectivity index (χ3v) is 3.38. The van der Waals surface area contributed by atoms with Crippen LogP contribution in [0.25, 0.3) is 5.65 Å². The Morgan fingerprint density at radius 1 is 1.23 bits per heavy atom. The van der Waals surface area contributed by atoms with E-state index < -0.39 is 0 Å². The molecule has 0 spiro atoms. The fraction of sp³-hybridized carbons (Fsp3) is 0.312. The lowest BCUT2D eigenvalue weighted by Gasteiger charge is -2.19. The number of nitrogens with one attached hydrogen (secondary N) is 1. The Balaban J connectivity index is 1.99. The van der Waals surface area contributed by atoms with Crippen LogP contribution in [-0.4, -0.2) is 33.3 Å². The lowest BCUT2D eigenvalue weighted by atomic mass is 10.2. The summed E-state index contributed by atoms with van der Waals surface area (Å²) in [6.45, 7) is 4.44. The molecule has 1 N–H and O–H groups in total. The van der Waals surface area contributed by atoms with Gasteiger partial charge < -0.3 is 10.1 Å². The highest BCUT2D eigenvalue weighted by atomic mass is 16.5. The summed E-state index contributed by atoms with van der Waals surface area (Å²) in [6, 6.07) is 9.74. The van der Waals surface area contributed by atoms with Crippen molar-refractivity contribution in [3.8, 4) is 0 Å². The number of hydrogen-bond donors (Lipinski definition) is 1. The molecular weight excluding hydrogens is 278 g/mol. The smallest absolute Gasteiger partial charge is 0.157 e. The van der Waals surface area contributed by atoms with Crippen LogP contribution >= 0.6 is 0 Å². The van der Waals surface area contributed by atoms with Crippen LogP contribution in [0.5, 0.6) is 0 Å². The lowest BCUT2D eigenvalue weighted by molar-refractivity contribution is 0.185. The molecule has 0 bridgehead atoms. The number of aryl methyl sites for hydroxylation is 2. The molecule has 0 aliphatic heterocycles. The molecule has 3 heterocycles. The number of pyridine rings is 1. The fourth-order valence-electron chi connectivity index (χ4n) is 2.45. The van der Waals surface area contributed by atoms with Crippen molar-refractivity contribution in [3.63, 3.8) is 0 Å². The van der Waals surface area contributed by atoms with Gasteiger partial charge in [-0.3, -0.25) is 4.98 Å². The molecule has 0 radical (unpaired) electrons. The van der Waals surface area contributed by atoms with Crippen molar-refractivity contribution in [1.82, 2.24) is 19.6 Å². The van der Waals surface area contributed by atoms with Crippen LogP contribution < -0.4 is 5.32 Å². The fourth-order valence-corrected chi connectivity index (χ4v) is 2.45. The maximum absolute atomic E-state index is 5.33. The molecule has 114 valence electrons. The van der Waals surface area contributed by atoms with Gasteiger partial charge in [0.25, 0.3) is 0 Å². The Bertz CT molecular complexity index is 769. The summed E-state index contributed by atoms with van der Waals surface area (Å²) < 4.78 is 7.14. The van der Waals surface area contributed by atoms with Gasteiger partial charge in [-0.05, 0) is 26.0 Å². The molecule has 0 amide bonds. The molecule has 0 saturated carbocycles. The normalized spacial score (nSPS) is 12.5. The van der Waals surface area contributed by atoms with Crippen molar-refractivity contribution in [3.05, 3.63) is 53.6 Å². The third kappa shape index (κ3) is 2.92. The topological polar surface area (TPSA) is 64.3 Å². The molecule has 3 aromatic rings. The molecule has 3 aromatic heterocycles. The quantitative estimate of drug-likeness (QED) is 0.784. The predicted octanol–water partition coefficient (Wildman–Crippen LogP) is 2.54. The first-order valence-corrected chi connectivity index (χ1v) is 7.18. The average molecular weight is 297 g/mol. The van der Waals surface area contributed by atoms with E-state index in [0.717, 1.165) is 28.5 Å². The molecule has 6 heteroatoms. The zero-order valence-corrected chi connectivity index (χ0v) is 12.9. The van der Waals surface area contributed by atoms with E-state index in [1.54, 1.807) is 13.3 Å². The van der Waals surface area contributed by atoms with E-state index in [9.17, 15) is 0 Å². The van der Waals surface area contributed by atoms with E-state index in [-0.39, 0.29) is 6.04 Å². The second-order valence-electron chi connectivity index (χ2n) is 5.25. The van der Waals surface area contributed by atoms with Gasteiger partial charge in [0.15, 0.2) is 5.65 Å². The van der Waals surface area contributed by atoms with Gasteiger partial charge in [-0.1, -0.05) is 6.07 Å². The Labute approximate surface area is 129 Å². The van der Waals surface area contributed by atoms with E-state index in [4.69, 9.17) is 4.74 Å². The molecule has 3 rings (SSSR count). The van der Waals surface area contributed by atoms with Crippen molar-refractivity contribution in [2.45, 2.75) is 19.9 Å². The van der Waals surface area contributed by atoms with Crippen LogP contribution in [0.1, 0.15) is 23.1 Å². The minimum Gasteiger partial charge on any atom is -0.382 e. The Morgan fingerprint density at radius 2 is 2.09 bits per heavy atom. The van der Waals surface area contributed by atoms with E-state index in [2.05, 4.69) is 20.4 Å². The van der Waals surface area contributed by atoms with Gasteiger partial charge in [0.05, 0.1) is 24.0 Å². The molecule has 0 saturated heterocycles. The van der Waals surface area contributed by atoms with Gasteiger partial charge in [-0.2, -0.15) is 9.61 Å². The number of aromatic nitrogens is 4. The minimum absolute atomic E-state index is 0.0549. The Kier molecular flexibility index (Phi) is 4.02. The summed E-state index contributed by atoms with van der Waals surface area (Å²) in [4.78, 5) is 8.91. The molecule has 0 aromatic carbocycles. The third-order valence-electron chi connectivity index (χ3n) is 3.38. The number of methoxy groups -OCH3 is 1. The molecule has 0 aliphatic carbocycles. The molecule has 22 heavy (non-hydrogen) atoms. The van der Waals surface area contributed by atoms with E-state index >= 15 is 0 Å². The van der Waals surface area contributed by atoms with Crippen LogP contribution in [0.3, 0.4) is 0 Å². The second kappa shape index (κ2) is 6.11. The zero-order chi connectivity index (χ0) is 15.5. The number of hydrogen-bond acceptors (Lipinski definition) is 5. The average Bonchev–Trinajstić information content (AvgIpc) is 2.88. The number of fused-ring (bicyclic) bond motifs is 1. The maximum Gasteiger partial charge on any atom is 0.157 e. The van der Waals surface area contributed by atoms with E-state index in [1.807, 2.05) is 48.7 Å². The zero-order valence-electron chi connectivity index (χ0n) is 12.9. The van der Waals surface area contributed by atoms with Crippen molar-refractivity contribution < 1.29 is 4.74 Å². The highest BCUT2D eigenvalue weighted by Gasteiger charge is 2.15. The molecule has 1 unspecified atom stereocenters. The standard InChI is InChI=1S/C16H19N5O/c1-11-8-16(21-15(18-11)9-12(2)20-21)19-14(10-22-3)13-6-4-5-7-17-13/h4-9,14,19H,10H2,1-3H3. The summed E-state index contributed by atoms with van der Waals surface area (Å²) in [5, 5.41) is 7.96. The van der Waals surface area contributed by atoms with Crippen LogP contribution in [-0.2, 0) is 4.74 Å². The number of rotatable bonds is 5. The van der Waals surface area contributed by atoms with Crippen LogP contribution in [0.2, 0.25) is 0 Å². The maximum atomic E-state index is 5.33. The SMILES string of the molecule is COCC(Nc1cc(C)nc2cc(C)nn12)c1ccccn1. The van der Waals surface area contributed by atoms with Crippen molar-refractivity contribution >= 4 is 11.5 Å². The van der Waals surface area contributed by atoms with Gasteiger partial charge in [-0.15, -0.1) is 0 Å². The first-order valence-electron chi connectivity index (χ1n) is 7.18. The van der Waals surface area contributed by atoms with Crippen molar-refractivity contribution in [2.75, 3.05) is 19.0 Å². The van der Waals surface area contributed by atoms with Gasteiger partial charge in [0.2, 0.25) is 0 Å². The van der Waals surface area contributed by atoms with Gasteiger partial charge in [0.1, 0.15) is 5.82 Å². The lowest BCUT2D eigenvalue weighted by Crippen LogP contribution is -2.19. The largest absolute Gasteiger partial charge is 0.382 e. The Morgan fingerprint density at radius 3 is 2.82 bits per heavy atom. The van der Waals surface area contributed by atoms with Crippen LogP contribution in [0.15, 0.2) is 36.5 Å². The summed E-state index contributed by atoms with van der Waals surface area (Å²) in [5.74, 6) is 0.878.